The first kappa shape index (κ1) is 24.6. The maximum atomic E-state index is 13.2. The fourth-order valence-corrected chi connectivity index (χ4v) is 3.52. The Hall–Kier alpha value is -4.54. The summed E-state index contributed by atoms with van der Waals surface area (Å²) >= 11 is 0. The van der Waals surface area contributed by atoms with E-state index in [0.29, 0.717) is 15.8 Å². The molecule has 0 aliphatic carbocycles. The summed E-state index contributed by atoms with van der Waals surface area (Å²) in [6, 6.07) is 14.3. The van der Waals surface area contributed by atoms with Gasteiger partial charge in [0.1, 0.15) is 0 Å². The zero-order chi connectivity index (χ0) is 25.9. The van der Waals surface area contributed by atoms with E-state index in [0.717, 1.165) is 22.4 Å². The van der Waals surface area contributed by atoms with Gasteiger partial charge in [-0.05, 0) is 53.9 Å². The summed E-state index contributed by atoms with van der Waals surface area (Å²) in [5.74, 6) is -0.844. The second kappa shape index (κ2) is 9.98. The zero-order valence-corrected chi connectivity index (χ0v) is 19.0. The molecule has 0 bridgehead atoms. The highest BCUT2D eigenvalue weighted by molar-refractivity contribution is 5.91. The van der Waals surface area contributed by atoms with Gasteiger partial charge in [0, 0.05) is 18.9 Å². The molecule has 0 spiro atoms. The van der Waals surface area contributed by atoms with Crippen molar-refractivity contribution in [2.75, 3.05) is 0 Å². The van der Waals surface area contributed by atoms with Crippen LogP contribution in [-0.2, 0) is 19.3 Å². The minimum atomic E-state index is -4.60. The Morgan fingerprint density at radius 2 is 1.75 bits per heavy atom. The second-order valence-corrected chi connectivity index (χ2v) is 8.02. The van der Waals surface area contributed by atoms with E-state index in [-0.39, 0.29) is 12.1 Å². The third-order valence-corrected chi connectivity index (χ3v) is 5.29. The van der Waals surface area contributed by atoms with E-state index in [2.05, 4.69) is 15.4 Å². The van der Waals surface area contributed by atoms with Crippen molar-refractivity contribution in [1.29, 1.82) is 0 Å². The van der Waals surface area contributed by atoms with Crippen molar-refractivity contribution in [3.8, 4) is 5.69 Å². The molecule has 0 radical (unpaired) electrons. The number of aryl methyl sites for hydroxylation is 1. The highest BCUT2D eigenvalue weighted by Gasteiger charge is 2.30. The van der Waals surface area contributed by atoms with Crippen molar-refractivity contribution < 1.29 is 18.0 Å². The number of benzene rings is 2. The number of alkyl halides is 3. The molecule has 11 heteroatoms. The summed E-state index contributed by atoms with van der Waals surface area (Å²) in [7, 11) is 0. The van der Waals surface area contributed by atoms with Gasteiger partial charge in [0.15, 0.2) is 0 Å². The lowest BCUT2D eigenvalue weighted by molar-refractivity contribution is -0.137. The van der Waals surface area contributed by atoms with Crippen LogP contribution in [0, 0.1) is 6.92 Å². The van der Waals surface area contributed by atoms with Crippen molar-refractivity contribution in [1.82, 2.24) is 24.6 Å². The first-order valence-corrected chi connectivity index (χ1v) is 10.8. The van der Waals surface area contributed by atoms with Crippen molar-refractivity contribution in [3.05, 3.63) is 122 Å². The number of halogens is 3. The monoisotopic (exact) mass is 495 g/mol. The van der Waals surface area contributed by atoms with Gasteiger partial charge in [-0.2, -0.15) is 23.0 Å². The van der Waals surface area contributed by atoms with E-state index in [9.17, 15) is 27.6 Å². The fourth-order valence-electron chi connectivity index (χ4n) is 3.52. The molecular weight excluding hydrogens is 475 g/mol. The maximum absolute atomic E-state index is 13.2. The molecule has 2 heterocycles. The van der Waals surface area contributed by atoms with E-state index < -0.39 is 41.1 Å². The Morgan fingerprint density at radius 1 is 1.00 bits per heavy atom. The number of nitrogens with zero attached hydrogens (tertiary/aromatic N) is 4. The minimum absolute atomic E-state index is 0.0466. The van der Waals surface area contributed by atoms with Crippen LogP contribution in [0.5, 0.6) is 0 Å². The van der Waals surface area contributed by atoms with Gasteiger partial charge in [-0.15, -0.1) is 0 Å². The van der Waals surface area contributed by atoms with Gasteiger partial charge in [-0.25, -0.2) is 4.79 Å². The summed E-state index contributed by atoms with van der Waals surface area (Å²) in [6.07, 6.45) is -1.50. The summed E-state index contributed by atoms with van der Waals surface area (Å²) in [5, 5.41) is 6.58. The molecule has 2 aromatic carbocycles. The molecule has 4 rings (SSSR count). The molecule has 8 nitrogen and oxygen atoms in total. The SMILES string of the molecule is Cc1cccc(-n2nc(C(=O)NCc3cccnc3)c(=O)n(Cc3cccc(C(F)(F)F)c3)c2=O)c1. The number of amides is 1. The topological polar surface area (TPSA) is 98.9 Å². The van der Waals surface area contributed by atoms with Crippen LogP contribution in [0.1, 0.15) is 32.7 Å². The Labute approximate surface area is 202 Å². The number of carbonyl (C=O) groups excluding carboxylic acids is 1. The van der Waals surface area contributed by atoms with Crippen molar-refractivity contribution >= 4 is 5.91 Å². The fraction of sp³-hybridized carbons (Fsp3) is 0.160. The zero-order valence-electron chi connectivity index (χ0n) is 19.0. The van der Waals surface area contributed by atoms with Crippen LogP contribution in [0.25, 0.3) is 5.69 Å². The van der Waals surface area contributed by atoms with Crippen LogP contribution in [0.2, 0.25) is 0 Å². The van der Waals surface area contributed by atoms with E-state index in [1.807, 2.05) is 0 Å². The number of aromatic nitrogens is 4. The third-order valence-electron chi connectivity index (χ3n) is 5.29. The predicted molar refractivity (Wildman–Crippen MR) is 125 cm³/mol. The lowest BCUT2D eigenvalue weighted by Crippen LogP contribution is -2.46. The number of hydrogen-bond acceptors (Lipinski definition) is 5. The van der Waals surface area contributed by atoms with Gasteiger partial charge in [-0.1, -0.05) is 30.3 Å². The molecule has 1 N–H and O–H groups in total. The summed E-state index contributed by atoms with van der Waals surface area (Å²) in [5.41, 5.74) is -1.60. The summed E-state index contributed by atoms with van der Waals surface area (Å²) < 4.78 is 41.1. The number of pyridine rings is 1. The molecule has 0 atom stereocenters. The summed E-state index contributed by atoms with van der Waals surface area (Å²) in [6.45, 7) is 1.35. The Balaban J connectivity index is 1.80. The second-order valence-electron chi connectivity index (χ2n) is 8.02. The van der Waals surface area contributed by atoms with Crippen LogP contribution >= 0.6 is 0 Å². The largest absolute Gasteiger partial charge is 0.416 e. The average Bonchev–Trinajstić information content (AvgIpc) is 2.85. The molecule has 0 aliphatic heterocycles. The van der Waals surface area contributed by atoms with Gasteiger partial charge in [0.2, 0.25) is 5.69 Å². The van der Waals surface area contributed by atoms with E-state index in [4.69, 9.17) is 0 Å². The van der Waals surface area contributed by atoms with Gasteiger partial charge in [0.25, 0.3) is 11.5 Å². The molecular formula is C25H20F3N5O3. The van der Waals surface area contributed by atoms with E-state index in [1.54, 1.807) is 49.5 Å². The van der Waals surface area contributed by atoms with Crippen LogP contribution in [0.15, 0.2) is 82.6 Å². The highest BCUT2D eigenvalue weighted by atomic mass is 19.4. The molecule has 0 unspecified atom stereocenters. The Morgan fingerprint density at radius 3 is 2.44 bits per heavy atom. The van der Waals surface area contributed by atoms with Crippen LogP contribution in [0.3, 0.4) is 0 Å². The van der Waals surface area contributed by atoms with Gasteiger partial charge in [-0.3, -0.25) is 19.1 Å². The quantitative estimate of drug-likeness (QED) is 0.443. The van der Waals surface area contributed by atoms with Crippen molar-refractivity contribution in [2.45, 2.75) is 26.2 Å². The van der Waals surface area contributed by atoms with Crippen LogP contribution in [0.4, 0.5) is 13.2 Å². The lowest BCUT2D eigenvalue weighted by Gasteiger charge is -2.14. The van der Waals surface area contributed by atoms with Crippen LogP contribution in [-0.4, -0.2) is 25.2 Å². The first-order chi connectivity index (χ1) is 17.1. The molecule has 4 aromatic rings. The molecule has 36 heavy (non-hydrogen) atoms. The highest BCUT2D eigenvalue weighted by Crippen LogP contribution is 2.29. The Bertz CT molecular complexity index is 1530. The van der Waals surface area contributed by atoms with E-state index in [1.165, 1.54) is 18.3 Å². The third kappa shape index (κ3) is 5.40. The normalized spacial score (nSPS) is 11.3. The molecule has 0 aliphatic rings. The number of hydrogen-bond donors (Lipinski definition) is 1. The molecule has 0 saturated heterocycles. The number of nitrogens with one attached hydrogen (secondary N) is 1. The first-order valence-electron chi connectivity index (χ1n) is 10.8. The molecule has 1 amide bonds. The van der Waals surface area contributed by atoms with Gasteiger partial charge in [0.05, 0.1) is 17.8 Å². The van der Waals surface area contributed by atoms with Crippen LogP contribution < -0.4 is 16.6 Å². The predicted octanol–water partition coefficient (Wildman–Crippen LogP) is 3.09. The number of carbonyl (C=O) groups is 1. The van der Waals surface area contributed by atoms with E-state index >= 15 is 0 Å². The lowest BCUT2D eigenvalue weighted by atomic mass is 10.1. The van der Waals surface area contributed by atoms with Crippen molar-refractivity contribution in [3.63, 3.8) is 0 Å². The maximum Gasteiger partial charge on any atom is 0.416 e. The average molecular weight is 495 g/mol. The molecule has 0 saturated carbocycles. The molecule has 0 fully saturated rings. The summed E-state index contributed by atoms with van der Waals surface area (Å²) in [4.78, 5) is 43.3. The van der Waals surface area contributed by atoms with Gasteiger partial charge >= 0.3 is 11.9 Å². The standard InChI is InChI=1S/C25H20F3N5O3/c1-16-5-2-9-20(11-16)33-24(36)32(15-17-6-3-8-19(12-17)25(26,27)28)23(35)21(31-33)22(34)30-14-18-7-4-10-29-13-18/h2-13H,14-15H2,1H3,(H,30,34). The molecule has 2 aromatic heterocycles. The minimum Gasteiger partial charge on any atom is -0.346 e. The number of rotatable bonds is 6. The smallest absolute Gasteiger partial charge is 0.346 e. The van der Waals surface area contributed by atoms with Crippen molar-refractivity contribution in [2.24, 2.45) is 0 Å². The van der Waals surface area contributed by atoms with Gasteiger partial charge < -0.3 is 5.32 Å². The molecule has 184 valence electrons. The Kier molecular flexibility index (Phi) is 6.82.